The first-order valence-electron chi connectivity index (χ1n) is 5.78. The van der Waals surface area contributed by atoms with Crippen molar-refractivity contribution in [1.82, 2.24) is 0 Å². The van der Waals surface area contributed by atoms with E-state index in [1.54, 1.807) is 13.8 Å². The van der Waals surface area contributed by atoms with Crippen molar-refractivity contribution in [3.8, 4) is 0 Å². The molecule has 1 aliphatic carbocycles. The molecule has 16 heavy (non-hydrogen) atoms. The van der Waals surface area contributed by atoms with E-state index >= 15 is 0 Å². The topological polar surface area (TPSA) is 20.2 Å². The maximum Gasteiger partial charge on any atom is 0.129 e. The summed E-state index contributed by atoms with van der Waals surface area (Å²) in [5.41, 5.74) is 2.47. The van der Waals surface area contributed by atoms with Crippen LogP contribution in [0.3, 0.4) is 0 Å². The van der Waals surface area contributed by atoms with Crippen LogP contribution in [-0.2, 0) is 0 Å². The van der Waals surface area contributed by atoms with E-state index in [2.05, 4.69) is 13.8 Å². The van der Waals surface area contributed by atoms with Crippen LogP contribution in [0.5, 0.6) is 0 Å². The lowest BCUT2D eigenvalue weighted by Gasteiger charge is -2.49. The third kappa shape index (κ3) is 1.56. The van der Waals surface area contributed by atoms with Crippen LogP contribution in [-0.4, -0.2) is 11.2 Å². The van der Waals surface area contributed by atoms with Crippen LogP contribution in [0.1, 0.15) is 42.9 Å². The molecule has 0 bridgehead atoms. The van der Waals surface area contributed by atoms with Crippen molar-refractivity contribution in [2.24, 2.45) is 5.41 Å². The number of hydrogen-bond donors (Lipinski definition) is 1. The summed E-state index contributed by atoms with van der Waals surface area (Å²) in [5.74, 6) is 0.238. The molecule has 0 heterocycles. The molecule has 2 atom stereocenters. The third-order valence-corrected chi connectivity index (χ3v) is 4.08. The number of halogens is 1. The predicted octanol–water partition coefficient (Wildman–Crippen LogP) is 3.32. The zero-order valence-electron chi connectivity index (χ0n) is 10.3. The van der Waals surface area contributed by atoms with Gasteiger partial charge in [0, 0.05) is 0 Å². The van der Waals surface area contributed by atoms with Gasteiger partial charge in [0.1, 0.15) is 5.82 Å². The van der Waals surface area contributed by atoms with Crippen LogP contribution < -0.4 is 0 Å². The Bertz CT molecular complexity index is 400. The molecule has 1 saturated carbocycles. The highest BCUT2D eigenvalue weighted by Gasteiger charge is 2.47. The van der Waals surface area contributed by atoms with E-state index in [1.165, 1.54) is 0 Å². The van der Waals surface area contributed by atoms with Crippen molar-refractivity contribution in [3.05, 3.63) is 34.6 Å². The quantitative estimate of drug-likeness (QED) is 0.772. The van der Waals surface area contributed by atoms with E-state index in [4.69, 9.17) is 0 Å². The molecule has 2 heteroatoms. The van der Waals surface area contributed by atoms with Gasteiger partial charge in [-0.2, -0.15) is 0 Å². The molecule has 2 unspecified atom stereocenters. The van der Waals surface area contributed by atoms with Crippen molar-refractivity contribution in [3.63, 3.8) is 0 Å². The molecule has 1 aromatic carbocycles. The minimum Gasteiger partial charge on any atom is -0.393 e. The summed E-state index contributed by atoms with van der Waals surface area (Å²) in [7, 11) is 0. The van der Waals surface area contributed by atoms with E-state index in [-0.39, 0.29) is 17.3 Å². The molecular formula is C14H19FO. The Balaban J connectivity index is 2.37. The van der Waals surface area contributed by atoms with Gasteiger partial charge in [0.2, 0.25) is 0 Å². The Morgan fingerprint density at radius 1 is 1.25 bits per heavy atom. The summed E-state index contributed by atoms with van der Waals surface area (Å²) in [6, 6.07) is 3.83. The Kier molecular flexibility index (Phi) is 2.58. The highest BCUT2D eigenvalue weighted by Crippen LogP contribution is 2.52. The first-order chi connectivity index (χ1) is 7.34. The Morgan fingerprint density at radius 2 is 1.75 bits per heavy atom. The molecule has 0 aliphatic heterocycles. The van der Waals surface area contributed by atoms with E-state index in [9.17, 15) is 9.50 Å². The van der Waals surface area contributed by atoms with Gasteiger partial charge in [0.05, 0.1) is 6.10 Å². The summed E-state index contributed by atoms with van der Waals surface area (Å²) in [4.78, 5) is 0. The van der Waals surface area contributed by atoms with Crippen LogP contribution in [0, 0.1) is 25.1 Å². The number of aliphatic hydroxyl groups is 1. The maximum atomic E-state index is 13.5. The van der Waals surface area contributed by atoms with E-state index in [0.29, 0.717) is 17.0 Å². The molecule has 1 nitrogen and oxygen atoms in total. The lowest BCUT2D eigenvalue weighted by atomic mass is 9.57. The molecule has 88 valence electrons. The molecule has 0 aromatic heterocycles. The molecule has 1 aliphatic rings. The summed E-state index contributed by atoms with van der Waals surface area (Å²) < 4.78 is 13.5. The average molecular weight is 222 g/mol. The molecule has 2 rings (SSSR count). The monoisotopic (exact) mass is 222 g/mol. The average Bonchev–Trinajstić information content (AvgIpc) is 2.21. The Morgan fingerprint density at radius 3 is 2.12 bits per heavy atom. The number of hydrogen-bond acceptors (Lipinski definition) is 1. The smallest absolute Gasteiger partial charge is 0.129 e. The molecule has 1 N–H and O–H groups in total. The Hall–Kier alpha value is -0.890. The maximum absolute atomic E-state index is 13.5. The number of aliphatic hydroxyl groups excluding tert-OH is 1. The number of rotatable bonds is 1. The number of aryl methyl sites for hydroxylation is 2. The summed E-state index contributed by atoms with van der Waals surface area (Å²) in [5, 5.41) is 9.73. The fraction of sp³-hybridized carbons (Fsp3) is 0.571. The summed E-state index contributed by atoms with van der Waals surface area (Å²) in [6.07, 6.45) is 0.556. The van der Waals surface area contributed by atoms with Crippen molar-refractivity contribution >= 4 is 0 Å². The van der Waals surface area contributed by atoms with Crippen LogP contribution >= 0.6 is 0 Å². The fourth-order valence-corrected chi connectivity index (χ4v) is 2.65. The first-order valence-corrected chi connectivity index (χ1v) is 5.78. The minimum absolute atomic E-state index is 0.0866. The Labute approximate surface area is 96.3 Å². The van der Waals surface area contributed by atoms with E-state index < -0.39 is 0 Å². The highest BCUT2D eigenvalue weighted by molar-refractivity contribution is 5.35. The molecule has 0 radical (unpaired) electrons. The van der Waals surface area contributed by atoms with Crippen molar-refractivity contribution < 1.29 is 9.50 Å². The van der Waals surface area contributed by atoms with Gasteiger partial charge < -0.3 is 5.11 Å². The SMILES string of the molecule is Cc1cc(C2CC(O)C2(C)C)cc(C)c1F. The zero-order valence-corrected chi connectivity index (χ0v) is 10.3. The predicted molar refractivity (Wildman–Crippen MR) is 63.0 cm³/mol. The molecule has 0 saturated heterocycles. The lowest BCUT2D eigenvalue weighted by Crippen LogP contribution is -2.47. The lowest BCUT2D eigenvalue weighted by molar-refractivity contribution is -0.0625. The first kappa shape index (κ1) is 11.6. The second-order valence-electron chi connectivity index (χ2n) is 5.59. The van der Waals surface area contributed by atoms with E-state index in [1.807, 2.05) is 12.1 Å². The summed E-state index contributed by atoms with van der Waals surface area (Å²) in [6.45, 7) is 7.74. The normalized spacial score (nSPS) is 27.6. The van der Waals surface area contributed by atoms with Crippen LogP contribution in [0.25, 0.3) is 0 Å². The van der Waals surface area contributed by atoms with Crippen molar-refractivity contribution in [2.45, 2.75) is 46.1 Å². The van der Waals surface area contributed by atoms with Gasteiger partial charge in [0.25, 0.3) is 0 Å². The molecular weight excluding hydrogens is 203 g/mol. The fourth-order valence-electron chi connectivity index (χ4n) is 2.65. The zero-order chi connectivity index (χ0) is 12.1. The van der Waals surface area contributed by atoms with Crippen LogP contribution in [0.15, 0.2) is 12.1 Å². The molecule has 0 amide bonds. The summed E-state index contributed by atoms with van der Waals surface area (Å²) >= 11 is 0. The van der Waals surface area contributed by atoms with Crippen LogP contribution in [0.2, 0.25) is 0 Å². The van der Waals surface area contributed by atoms with Gasteiger partial charge in [-0.1, -0.05) is 26.0 Å². The minimum atomic E-state index is -0.233. The van der Waals surface area contributed by atoms with Gasteiger partial charge in [-0.3, -0.25) is 0 Å². The molecule has 1 aromatic rings. The van der Waals surface area contributed by atoms with Gasteiger partial charge in [0.15, 0.2) is 0 Å². The second kappa shape index (κ2) is 3.56. The molecule has 0 spiro atoms. The van der Waals surface area contributed by atoms with Gasteiger partial charge in [-0.05, 0) is 48.3 Å². The number of benzene rings is 1. The van der Waals surface area contributed by atoms with Gasteiger partial charge in [-0.25, -0.2) is 4.39 Å². The van der Waals surface area contributed by atoms with Crippen molar-refractivity contribution in [1.29, 1.82) is 0 Å². The van der Waals surface area contributed by atoms with Crippen molar-refractivity contribution in [2.75, 3.05) is 0 Å². The van der Waals surface area contributed by atoms with Gasteiger partial charge >= 0.3 is 0 Å². The van der Waals surface area contributed by atoms with Crippen LogP contribution in [0.4, 0.5) is 4.39 Å². The second-order valence-corrected chi connectivity index (χ2v) is 5.59. The standard InChI is InChI=1S/C14H19FO/c1-8-5-10(6-9(2)13(8)15)11-7-12(16)14(11,3)4/h5-6,11-12,16H,7H2,1-4H3. The van der Waals surface area contributed by atoms with E-state index in [0.717, 1.165) is 12.0 Å². The highest BCUT2D eigenvalue weighted by atomic mass is 19.1. The largest absolute Gasteiger partial charge is 0.393 e. The van der Waals surface area contributed by atoms with Gasteiger partial charge in [-0.15, -0.1) is 0 Å². The molecule has 1 fully saturated rings. The third-order valence-electron chi connectivity index (χ3n) is 4.08.